The zero-order valence-corrected chi connectivity index (χ0v) is 13.3. The smallest absolute Gasteiger partial charge is 0.319 e. The summed E-state index contributed by atoms with van der Waals surface area (Å²) in [4.78, 5) is 23.5. The first-order chi connectivity index (χ1) is 11.6. The van der Waals surface area contributed by atoms with Crippen LogP contribution in [-0.4, -0.2) is 18.0 Å². The molecular formula is C18H19N3O3. The van der Waals surface area contributed by atoms with Gasteiger partial charge in [0.1, 0.15) is 11.5 Å². The summed E-state index contributed by atoms with van der Waals surface area (Å²) in [5.41, 5.74) is 1.32. The second-order valence-corrected chi connectivity index (χ2v) is 5.72. The third-order valence-electron chi connectivity index (χ3n) is 3.48. The maximum atomic E-state index is 11.9. The van der Waals surface area contributed by atoms with Gasteiger partial charge >= 0.3 is 6.03 Å². The lowest BCUT2D eigenvalue weighted by Gasteiger charge is -2.07. The first kappa shape index (κ1) is 15.9. The van der Waals surface area contributed by atoms with Crippen LogP contribution in [0.3, 0.4) is 0 Å². The second kappa shape index (κ2) is 7.04. The lowest BCUT2D eigenvalue weighted by molar-refractivity contribution is -0.111. The quantitative estimate of drug-likeness (QED) is 0.735. The van der Waals surface area contributed by atoms with Gasteiger partial charge in [0.05, 0.1) is 0 Å². The summed E-state index contributed by atoms with van der Waals surface area (Å²) in [5.74, 6) is 1.17. The van der Waals surface area contributed by atoms with Crippen molar-refractivity contribution in [3.05, 3.63) is 54.0 Å². The van der Waals surface area contributed by atoms with E-state index in [-0.39, 0.29) is 11.9 Å². The topological polar surface area (TPSA) is 83.4 Å². The molecule has 6 nitrogen and oxygen atoms in total. The first-order valence-electron chi connectivity index (χ1n) is 7.81. The van der Waals surface area contributed by atoms with E-state index in [2.05, 4.69) is 16.0 Å². The van der Waals surface area contributed by atoms with Gasteiger partial charge in [0, 0.05) is 23.5 Å². The Bertz CT molecular complexity index is 758. The van der Waals surface area contributed by atoms with Gasteiger partial charge in [-0.1, -0.05) is 0 Å². The molecule has 0 bridgehead atoms. The monoisotopic (exact) mass is 325 g/mol. The van der Waals surface area contributed by atoms with Crippen LogP contribution < -0.4 is 16.0 Å². The van der Waals surface area contributed by atoms with Crippen LogP contribution in [0.15, 0.2) is 46.9 Å². The third kappa shape index (κ3) is 4.74. The van der Waals surface area contributed by atoms with Gasteiger partial charge in [0.2, 0.25) is 5.91 Å². The van der Waals surface area contributed by atoms with Crippen molar-refractivity contribution in [2.24, 2.45) is 0 Å². The Morgan fingerprint density at radius 2 is 1.71 bits per heavy atom. The van der Waals surface area contributed by atoms with Crippen LogP contribution in [0, 0.1) is 6.92 Å². The van der Waals surface area contributed by atoms with Crippen molar-refractivity contribution in [2.75, 3.05) is 10.6 Å². The number of hydrogen-bond acceptors (Lipinski definition) is 3. The zero-order chi connectivity index (χ0) is 16.9. The Kier molecular flexibility index (Phi) is 4.65. The number of urea groups is 1. The Morgan fingerprint density at radius 1 is 1.04 bits per heavy atom. The highest BCUT2D eigenvalue weighted by Crippen LogP contribution is 2.19. The van der Waals surface area contributed by atoms with Crippen molar-refractivity contribution in [3.8, 4) is 0 Å². The highest BCUT2D eigenvalue weighted by molar-refractivity contribution is 6.02. The molecule has 3 amide bonds. The molecule has 1 heterocycles. The molecule has 3 rings (SSSR count). The summed E-state index contributed by atoms with van der Waals surface area (Å²) in [6.07, 6.45) is 5.11. The molecule has 0 radical (unpaired) electrons. The molecule has 1 aromatic heterocycles. The number of furan rings is 1. The molecule has 1 aromatic carbocycles. The summed E-state index contributed by atoms with van der Waals surface area (Å²) in [6.45, 7) is 1.85. The lowest BCUT2D eigenvalue weighted by Crippen LogP contribution is -2.30. The molecule has 1 aliphatic rings. The van der Waals surface area contributed by atoms with E-state index in [0.717, 1.165) is 18.6 Å². The second-order valence-electron chi connectivity index (χ2n) is 5.72. The third-order valence-corrected chi connectivity index (χ3v) is 3.48. The number of aryl methyl sites for hydroxylation is 1. The molecule has 0 unspecified atom stereocenters. The van der Waals surface area contributed by atoms with Gasteiger partial charge in [0.15, 0.2) is 0 Å². The molecule has 124 valence electrons. The van der Waals surface area contributed by atoms with E-state index in [1.807, 2.05) is 13.0 Å². The van der Waals surface area contributed by atoms with Crippen molar-refractivity contribution < 1.29 is 14.0 Å². The SMILES string of the molecule is Cc1ccc(/C=C/C(=O)Nc2ccc(NC(=O)NC3CC3)cc2)o1. The van der Waals surface area contributed by atoms with Gasteiger partial charge in [-0.05, 0) is 62.2 Å². The standard InChI is InChI=1S/C18H19N3O3/c1-12-2-9-16(24-12)10-11-17(22)19-13-3-5-14(6-4-13)20-18(23)21-15-7-8-15/h2-6,9-11,15H,7-8H2,1H3,(H,19,22)(H2,20,21,23)/b11-10+. The summed E-state index contributed by atoms with van der Waals surface area (Å²) >= 11 is 0. The maximum Gasteiger partial charge on any atom is 0.319 e. The highest BCUT2D eigenvalue weighted by Gasteiger charge is 2.23. The predicted molar refractivity (Wildman–Crippen MR) is 92.7 cm³/mol. The molecule has 1 aliphatic carbocycles. The zero-order valence-electron chi connectivity index (χ0n) is 13.3. The van der Waals surface area contributed by atoms with Gasteiger partial charge in [-0.25, -0.2) is 4.79 Å². The predicted octanol–water partition coefficient (Wildman–Crippen LogP) is 3.52. The number of nitrogens with one attached hydrogen (secondary N) is 3. The van der Waals surface area contributed by atoms with Gasteiger partial charge in [-0.3, -0.25) is 4.79 Å². The van der Waals surface area contributed by atoms with Crippen molar-refractivity contribution in [2.45, 2.75) is 25.8 Å². The van der Waals surface area contributed by atoms with Crippen LogP contribution in [0.5, 0.6) is 0 Å². The molecule has 1 fully saturated rings. The Balaban J connectivity index is 1.50. The van der Waals surface area contributed by atoms with E-state index in [1.54, 1.807) is 36.4 Å². The Morgan fingerprint density at radius 3 is 2.29 bits per heavy atom. The molecule has 0 aliphatic heterocycles. The Labute approximate surface area is 139 Å². The molecular weight excluding hydrogens is 306 g/mol. The number of benzene rings is 1. The van der Waals surface area contributed by atoms with E-state index in [9.17, 15) is 9.59 Å². The summed E-state index contributed by atoms with van der Waals surface area (Å²) < 4.78 is 5.36. The van der Waals surface area contributed by atoms with Crippen LogP contribution in [-0.2, 0) is 4.79 Å². The molecule has 0 spiro atoms. The molecule has 24 heavy (non-hydrogen) atoms. The van der Waals surface area contributed by atoms with Crippen LogP contribution >= 0.6 is 0 Å². The average Bonchev–Trinajstić information content (AvgIpc) is 3.26. The minimum absolute atomic E-state index is 0.203. The van der Waals surface area contributed by atoms with Crippen molar-refractivity contribution in [1.82, 2.24) is 5.32 Å². The Hall–Kier alpha value is -3.02. The number of carbonyl (C=O) groups is 2. The number of hydrogen-bond donors (Lipinski definition) is 3. The molecule has 2 aromatic rings. The van der Waals surface area contributed by atoms with Crippen LogP contribution in [0.4, 0.5) is 16.2 Å². The van der Waals surface area contributed by atoms with E-state index in [4.69, 9.17) is 4.42 Å². The molecule has 0 saturated heterocycles. The van der Waals surface area contributed by atoms with E-state index in [0.29, 0.717) is 23.2 Å². The molecule has 1 saturated carbocycles. The van der Waals surface area contributed by atoms with Gasteiger partial charge in [0.25, 0.3) is 0 Å². The average molecular weight is 325 g/mol. The summed E-state index contributed by atoms with van der Waals surface area (Å²) in [6, 6.07) is 10.7. The number of carbonyl (C=O) groups excluding carboxylic acids is 2. The van der Waals surface area contributed by atoms with Crippen molar-refractivity contribution in [3.63, 3.8) is 0 Å². The van der Waals surface area contributed by atoms with Crippen LogP contribution in [0.1, 0.15) is 24.4 Å². The summed E-state index contributed by atoms with van der Waals surface area (Å²) in [5, 5.41) is 8.34. The number of rotatable bonds is 5. The first-order valence-corrected chi connectivity index (χ1v) is 7.81. The fraction of sp³-hybridized carbons (Fsp3) is 0.222. The maximum absolute atomic E-state index is 11.9. The van der Waals surface area contributed by atoms with E-state index < -0.39 is 0 Å². The van der Waals surface area contributed by atoms with Crippen molar-refractivity contribution in [1.29, 1.82) is 0 Å². The number of amides is 3. The minimum atomic E-state index is -0.253. The fourth-order valence-electron chi connectivity index (χ4n) is 2.10. The summed E-state index contributed by atoms with van der Waals surface area (Å²) in [7, 11) is 0. The molecule has 3 N–H and O–H groups in total. The van der Waals surface area contributed by atoms with Crippen LogP contribution in [0.25, 0.3) is 6.08 Å². The molecule has 0 atom stereocenters. The van der Waals surface area contributed by atoms with Gasteiger partial charge < -0.3 is 20.4 Å². The molecule has 6 heteroatoms. The van der Waals surface area contributed by atoms with Crippen molar-refractivity contribution >= 4 is 29.4 Å². The minimum Gasteiger partial charge on any atom is -0.462 e. The van der Waals surface area contributed by atoms with Crippen LogP contribution in [0.2, 0.25) is 0 Å². The largest absolute Gasteiger partial charge is 0.462 e. The van der Waals surface area contributed by atoms with Gasteiger partial charge in [-0.2, -0.15) is 0 Å². The van der Waals surface area contributed by atoms with E-state index >= 15 is 0 Å². The number of anilines is 2. The fourth-order valence-corrected chi connectivity index (χ4v) is 2.10. The van der Waals surface area contributed by atoms with E-state index in [1.165, 1.54) is 6.08 Å². The van der Waals surface area contributed by atoms with Gasteiger partial charge in [-0.15, -0.1) is 0 Å². The normalized spacial score (nSPS) is 13.7. The lowest BCUT2D eigenvalue weighted by atomic mass is 10.2. The highest BCUT2D eigenvalue weighted by atomic mass is 16.3.